The summed E-state index contributed by atoms with van der Waals surface area (Å²) in [4.78, 5) is 21.4. The third kappa shape index (κ3) is 2.86. The maximum atomic E-state index is 12.6. The number of fused-ring (bicyclic) bond motifs is 3. The van der Waals surface area contributed by atoms with Gasteiger partial charge >= 0.3 is 0 Å². The Morgan fingerprint density at radius 1 is 1.23 bits per heavy atom. The third-order valence-electron chi connectivity index (χ3n) is 7.32. The first-order valence-corrected chi connectivity index (χ1v) is 12.2. The van der Waals surface area contributed by atoms with Crippen molar-refractivity contribution in [3.05, 3.63) is 43.6 Å². The van der Waals surface area contributed by atoms with Gasteiger partial charge in [-0.1, -0.05) is 6.08 Å². The Kier molecular flexibility index (Phi) is 4.15. The highest BCUT2D eigenvalue weighted by atomic mass is 32.2. The van der Waals surface area contributed by atoms with Crippen LogP contribution in [0.15, 0.2) is 33.7 Å². The van der Waals surface area contributed by atoms with Crippen LogP contribution in [0.3, 0.4) is 0 Å². The molecular weight excluding hydrogens is 396 g/mol. The summed E-state index contributed by atoms with van der Waals surface area (Å²) >= 11 is 0. The number of nitrogens with zero attached hydrogens (tertiary/aromatic N) is 2. The zero-order valence-corrected chi connectivity index (χ0v) is 18.1. The van der Waals surface area contributed by atoms with Gasteiger partial charge in [0.15, 0.2) is 0 Å². The van der Waals surface area contributed by atoms with E-state index in [1.54, 1.807) is 0 Å². The molecule has 1 aromatic heterocycles. The van der Waals surface area contributed by atoms with Crippen molar-refractivity contribution >= 4 is 28.3 Å². The first-order chi connectivity index (χ1) is 14.5. The molecule has 0 bridgehead atoms. The molecule has 0 radical (unpaired) electrons. The minimum Gasteiger partial charge on any atom is -0.393 e. The van der Waals surface area contributed by atoms with Crippen LogP contribution in [-0.2, 0) is 4.79 Å². The molecule has 1 saturated carbocycles. The van der Waals surface area contributed by atoms with Crippen molar-refractivity contribution in [2.24, 2.45) is 5.41 Å². The van der Waals surface area contributed by atoms with Crippen LogP contribution < -0.4 is 20.9 Å². The average Bonchev–Trinajstić information content (AvgIpc) is 3.04. The van der Waals surface area contributed by atoms with Crippen LogP contribution in [0.2, 0.25) is 0 Å². The van der Waals surface area contributed by atoms with E-state index >= 15 is 0 Å². The first kappa shape index (κ1) is 18.6. The number of nitrogens with one attached hydrogen (secondary N) is 2. The number of aliphatic hydroxyl groups is 1. The van der Waals surface area contributed by atoms with E-state index in [2.05, 4.69) is 39.8 Å². The molecule has 7 heteroatoms. The van der Waals surface area contributed by atoms with E-state index in [4.69, 9.17) is 4.98 Å². The number of amides is 1. The molecule has 0 aromatic carbocycles. The van der Waals surface area contributed by atoms with Crippen LogP contribution in [0.25, 0.3) is 6.08 Å². The Morgan fingerprint density at radius 3 is 2.80 bits per heavy atom. The minimum atomic E-state index is -0.217. The van der Waals surface area contributed by atoms with Gasteiger partial charge in [-0.05, 0) is 61.1 Å². The lowest BCUT2D eigenvalue weighted by Crippen LogP contribution is -2.49. The summed E-state index contributed by atoms with van der Waals surface area (Å²) in [7, 11) is -0.217. The summed E-state index contributed by atoms with van der Waals surface area (Å²) in [5, 5.41) is 18.5. The zero-order valence-electron chi connectivity index (χ0n) is 17.3. The first-order valence-electron chi connectivity index (χ1n) is 11.0. The number of piperidine rings is 1. The molecule has 6 nitrogen and oxygen atoms in total. The number of anilines is 1. The molecule has 4 aliphatic heterocycles. The SMILES string of the molecule is C[C@@H]1CNC2=C(CC3=CC=c4nc(N5CCC6(CC5)CC(O)C6)ccc4=S32)C(=O)N1. The number of pyridine rings is 1. The molecule has 158 valence electrons. The van der Waals surface area contributed by atoms with Gasteiger partial charge in [0.05, 0.1) is 22.1 Å². The smallest absolute Gasteiger partial charge is 0.250 e. The largest absolute Gasteiger partial charge is 0.393 e. The molecule has 2 fully saturated rings. The van der Waals surface area contributed by atoms with E-state index in [9.17, 15) is 9.90 Å². The van der Waals surface area contributed by atoms with Gasteiger partial charge in [-0.25, -0.2) is 4.98 Å². The number of hydrogen-bond donors (Lipinski definition) is 3. The Labute approximate surface area is 178 Å². The fraction of sp³-hybridized carbons (Fsp3) is 0.522. The summed E-state index contributed by atoms with van der Waals surface area (Å²) in [6.07, 6.45) is 9.18. The molecule has 1 saturated heterocycles. The molecule has 3 N–H and O–H groups in total. The van der Waals surface area contributed by atoms with Crippen LogP contribution in [0, 0.1) is 9.93 Å². The lowest BCUT2D eigenvalue weighted by molar-refractivity contribution is -0.117. The molecule has 1 aromatic rings. The number of allylic oxidation sites excluding steroid dienone is 2. The average molecular weight is 425 g/mol. The summed E-state index contributed by atoms with van der Waals surface area (Å²) in [6, 6.07) is 4.52. The van der Waals surface area contributed by atoms with Crippen molar-refractivity contribution < 1.29 is 9.90 Å². The van der Waals surface area contributed by atoms with E-state index in [1.807, 2.05) is 6.92 Å². The number of hydrogen-bond acceptors (Lipinski definition) is 5. The van der Waals surface area contributed by atoms with Gasteiger partial charge in [0, 0.05) is 36.6 Å². The van der Waals surface area contributed by atoms with Crippen LogP contribution in [-0.4, -0.2) is 47.8 Å². The van der Waals surface area contributed by atoms with E-state index in [-0.39, 0.29) is 28.5 Å². The summed E-state index contributed by atoms with van der Waals surface area (Å²) in [5.41, 5.74) is 1.27. The van der Waals surface area contributed by atoms with E-state index in [0.717, 1.165) is 73.5 Å². The fourth-order valence-electron chi connectivity index (χ4n) is 5.58. The summed E-state index contributed by atoms with van der Waals surface area (Å²) < 4.78 is 1.23. The Morgan fingerprint density at radius 2 is 2.03 bits per heavy atom. The van der Waals surface area contributed by atoms with Gasteiger partial charge in [-0.15, -0.1) is 10.5 Å². The van der Waals surface area contributed by atoms with Gasteiger partial charge < -0.3 is 20.6 Å². The van der Waals surface area contributed by atoms with Gasteiger partial charge in [0.25, 0.3) is 0 Å². The Bertz CT molecular complexity index is 1120. The van der Waals surface area contributed by atoms with Gasteiger partial charge in [0.2, 0.25) is 5.91 Å². The lowest BCUT2D eigenvalue weighted by atomic mass is 9.61. The number of rotatable bonds is 1. The standard InChI is InChI=1S/C23H28N4O2S/c1-14-13-24-22-17(21(29)25-14)10-16-2-3-18-19(30(16)22)4-5-20(26-18)27-8-6-23(7-9-27)11-15(28)12-23/h2-5,14-15,24,28H,6-13H2,1H3,(H,25,29)/t14-,30?/m1/s1. The molecule has 1 spiro atoms. The highest BCUT2D eigenvalue weighted by Crippen LogP contribution is 2.50. The molecule has 1 unspecified atom stereocenters. The normalized spacial score (nSPS) is 29.6. The van der Waals surface area contributed by atoms with Crippen molar-refractivity contribution in [3.63, 3.8) is 0 Å². The van der Waals surface area contributed by atoms with Crippen LogP contribution >= 0.6 is 10.5 Å². The summed E-state index contributed by atoms with van der Waals surface area (Å²) in [5.74, 6) is 1.12. The molecule has 30 heavy (non-hydrogen) atoms. The molecule has 1 amide bonds. The van der Waals surface area contributed by atoms with E-state index < -0.39 is 0 Å². The fourth-order valence-corrected chi connectivity index (χ4v) is 8.00. The van der Waals surface area contributed by atoms with Crippen LogP contribution in [0.4, 0.5) is 5.82 Å². The van der Waals surface area contributed by atoms with E-state index in [1.165, 1.54) is 9.42 Å². The highest BCUT2D eigenvalue weighted by molar-refractivity contribution is 8.16. The third-order valence-corrected chi connectivity index (χ3v) is 9.70. The predicted molar refractivity (Wildman–Crippen MR) is 119 cm³/mol. The Balaban J connectivity index is 1.33. The van der Waals surface area contributed by atoms with Gasteiger partial charge in [-0.3, -0.25) is 4.79 Å². The summed E-state index contributed by atoms with van der Waals surface area (Å²) in [6.45, 7) is 4.83. The molecule has 5 aliphatic rings. The van der Waals surface area contributed by atoms with Gasteiger partial charge in [-0.2, -0.15) is 0 Å². The van der Waals surface area contributed by atoms with Crippen LogP contribution in [0.5, 0.6) is 0 Å². The van der Waals surface area contributed by atoms with Crippen molar-refractivity contribution in [1.29, 1.82) is 0 Å². The molecule has 5 heterocycles. The van der Waals surface area contributed by atoms with E-state index in [0.29, 0.717) is 5.41 Å². The Hall–Kier alpha value is -2.12. The number of carbonyl (C=O) groups is 1. The minimum absolute atomic E-state index is 0.0692. The van der Waals surface area contributed by atoms with Crippen molar-refractivity contribution in [1.82, 2.24) is 15.6 Å². The number of aliphatic hydroxyl groups excluding tert-OH is 1. The second-order valence-corrected chi connectivity index (χ2v) is 11.4. The molecule has 2 atom stereocenters. The molecule has 6 rings (SSSR count). The monoisotopic (exact) mass is 424 g/mol. The lowest BCUT2D eigenvalue weighted by Gasteiger charge is -2.50. The highest BCUT2D eigenvalue weighted by Gasteiger charge is 2.45. The van der Waals surface area contributed by atoms with Crippen molar-refractivity contribution in [2.75, 3.05) is 24.5 Å². The molecular formula is C23H28N4O2S. The van der Waals surface area contributed by atoms with Crippen LogP contribution in [0.1, 0.15) is 39.0 Å². The molecule has 1 aliphatic carbocycles. The van der Waals surface area contributed by atoms with Gasteiger partial charge in [0.1, 0.15) is 5.82 Å². The second-order valence-electron chi connectivity index (χ2n) is 9.45. The predicted octanol–water partition coefficient (Wildman–Crippen LogP) is 1.74. The van der Waals surface area contributed by atoms with Crippen molar-refractivity contribution in [2.45, 2.75) is 51.2 Å². The van der Waals surface area contributed by atoms with Crippen molar-refractivity contribution in [3.8, 4) is 0 Å². The zero-order chi connectivity index (χ0) is 20.5. The number of carbonyl (C=O) groups excluding carboxylic acids is 1. The quantitative estimate of drug-likeness (QED) is 0.599. The topological polar surface area (TPSA) is 77.5 Å². The maximum Gasteiger partial charge on any atom is 0.250 e. The number of aromatic nitrogens is 1. The maximum absolute atomic E-state index is 12.6. The second kappa shape index (κ2) is 6.69.